The van der Waals surface area contributed by atoms with Crippen molar-refractivity contribution in [1.82, 2.24) is 20.9 Å². The van der Waals surface area contributed by atoms with Crippen LogP contribution in [0.3, 0.4) is 0 Å². The predicted octanol–water partition coefficient (Wildman–Crippen LogP) is 1.30. The van der Waals surface area contributed by atoms with Gasteiger partial charge in [0.25, 0.3) is 0 Å². The van der Waals surface area contributed by atoms with E-state index in [1.54, 1.807) is 26.0 Å². The molecule has 3 saturated heterocycles. The summed E-state index contributed by atoms with van der Waals surface area (Å²) >= 11 is 1.73. The number of ether oxygens (including phenoxy) is 2. The van der Waals surface area contributed by atoms with Gasteiger partial charge in [-0.2, -0.15) is 5.26 Å². The molecule has 11 atom stereocenters. The maximum atomic E-state index is 13.6. The van der Waals surface area contributed by atoms with Crippen molar-refractivity contribution in [3.63, 3.8) is 0 Å². The molecule has 2 amide bonds. The molecule has 2 aliphatic carbocycles. The van der Waals surface area contributed by atoms with Crippen LogP contribution in [0.15, 0.2) is 0 Å². The number of nitrogens with one attached hydrogen (secondary N) is 3. The number of hydrogen-bond donors (Lipinski definition) is 3. The highest BCUT2D eigenvalue weighted by Crippen LogP contribution is 2.42. The molecule has 9 nitrogen and oxygen atoms in total. The van der Waals surface area contributed by atoms with E-state index in [0.717, 1.165) is 45.1 Å². The number of methoxy groups -OCH3 is 2. The van der Waals surface area contributed by atoms with Crippen molar-refractivity contribution in [2.75, 3.05) is 33.9 Å². The molecule has 0 aromatic heterocycles. The van der Waals surface area contributed by atoms with Gasteiger partial charge in [-0.3, -0.25) is 14.9 Å². The van der Waals surface area contributed by atoms with Gasteiger partial charge in [0.2, 0.25) is 11.8 Å². The molecule has 9 unspecified atom stereocenters. The van der Waals surface area contributed by atoms with Crippen LogP contribution in [0, 0.1) is 40.9 Å². The Kier molecular flexibility index (Phi) is 8.13. The van der Waals surface area contributed by atoms with Crippen molar-refractivity contribution in [3.05, 3.63) is 0 Å². The van der Waals surface area contributed by atoms with Crippen LogP contribution in [0.4, 0.5) is 0 Å². The van der Waals surface area contributed by atoms with Crippen LogP contribution in [-0.4, -0.2) is 85.6 Å². The van der Waals surface area contributed by atoms with Crippen LogP contribution in [0.2, 0.25) is 0 Å². The van der Waals surface area contributed by atoms with E-state index in [-0.39, 0.29) is 70.4 Å². The van der Waals surface area contributed by atoms with Crippen molar-refractivity contribution in [1.29, 1.82) is 5.26 Å². The Labute approximate surface area is 218 Å². The van der Waals surface area contributed by atoms with E-state index >= 15 is 0 Å². The Balaban J connectivity index is 1.17. The predicted molar refractivity (Wildman–Crippen MR) is 137 cm³/mol. The Hall–Kier alpha value is -1.38. The topological polar surface area (TPSA) is 116 Å². The van der Waals surface area contributed by atoms with Gasteiger partial charge in [0.15, 0.2) is 0 Å². The molecule has 36 heavy (non-hydrogen) atoms. The minimum absolute atomic E-state index is 0.00352. The maximum absolute atomic E-state index is 13.6. The van der Waals surface area contributed by atoms with Crippen molar-refractivity contribution in [3.8, 4) is 6.07 Å². The SMILES string of the molecule is COC1CCC(C#N)CC1C1CC(C)NCC1C(=O)NC1NC2CN(C(=O)[C@@H]3CC[C@H]3OC)CC2S1. The van der Waals surface area contributed by atoms with E-state index < -0.39 is 0 Å². The molecule has 2 saturated carbocycles. The zero-order valence-corrected chi connectivity index (χ0v) is 22.5. The molecule has 3 aliphatic heterocycles. The number of carbonyl (C=O) groups excluding carboxylic acids is 2. The van der Waals surface area contributed by atoms with Crippen LogP contribution in [0.25, 0.3) is 0 Å². The van der Waals surface area contributed by atoms with Gasteiger partial charge >= 0.3 is 0 Å². The molecule has 0 aromatic rings. The standard InChI is InChI=1S/C26H41N5O4S/c1-14-8-17(18-9-15(10-27)4-6-22(18)35-3)19(11-28-14)24(32)30-26-29-20-12-31(13-23(20)36-26)25(33)16-5-7-21(16)34-2/h14-23,26,28-29H,4-9,11-13H2,1-3H3,(H,30,32)/t14?,15?,16-,17?,18?,19?,20?,21-,22?,23?,26?/m1/s1. The number of piperidine rings is 1. The molecule has 5 fully saturated rings. The molecular weight excluding hydrogens is 478 g/mol. The first-order valence-corrected chi connectivity index (χ1v) is 14.5. The van der Waals surface area contributed by atoms with Crippen LogP contribution in [0.1, 0.15) is 45.4 Å². The fraction of sp³-hybridized carbons (Fsp3) is 0.885. The third kappa shape index (κ3) is 5.14. The molecule has 3 N–H and O–H groups in total. The summed E-state index contributed by atoms with van der Waals surface area (Å²) in [5.41, 5.74) is -0.142. The van der Waals surface area contributed by atoms with E-state index in [1.807, 2.05) is 4.90 Å². The first-order chi connectivity index (χ1) is 17.4. The van der Waals surface area contributed by atoms with E-state index in [9.17, 15) is 14.9 Å². The first kappa shape index (κ1) is 26.2. The zero-order valence-electron chi connectivity index (χ0n) is 21.7. The molecule has 0 spiro atoms. The maximum Gasteiger partial charge on any atom is 0.228 e. The Bertz CT molecular complexity index is 854. The second kappa shape index (κ2) is 11.2. The molecule has 3 heterocycles. The van der Waals surface area contributed by atoms with Crippen molar-refractivity contribution >= 4 is 23.6 Å². The molecule has 0 radical (unpaired) electrons. The Morgan fingerprint density at radius 3 is 2.47 bits per heavy atom. The summed E-state index contributed by atoms with van der Waals surface area (Å²) < 4.78 is 11.3. The highest BCUT2D eigenvalue weighted by Gasteiger charge is 2.48. The average molecular weight is 520 g/mol. The molecule has 5 aliphatic rings. The van der Waals surface area contributed by atoms with E-state index in [4.69, 9.17) is 9.47 Å². The number of thioether (sulfide) groups is 1. The number of fused-ring (bicyclic) bond motifs is 1. The fourth-order valence-corrected chi connectivity index (χ4v) is 8.58. The number of carbonyl (C=O) groups is 2. The summed E-state index contributed by atoms with van der Waals surface area (Å²) in [5.74, 6) is 0.606. The number of nitriles is 1. The molecule has 0 bridgehead atoms. The number of likely N-dealkylation sites (tertiary alicyclic amines) is 1. The summed E-state index contributed by atoms with van der Waals surface area (Å²) in [6.45, 7) is 4.23. The van der Waals surface area contributed by atoms with E-state index in [2.05, 4.69) is 28.9 Å². The van der Waals surface area contributed by atoms with Crippen molar-refractivity contribution in [2.45, 2.75) is 80.5 Å². The van der Waals surface area contributed by atoms with Crippen molar-refractivity contribution < 1.29 is 19.1 Å². The third-order valence-electron chi connectivity index (χ3n) is 9.39. The minimum Gasteiger partial charge on any atom is -0.381 e. The summed E-state index contributed by atoms with van der Waals surface area (Å²) in [5, 5.41) is 20.2. The summed E-state index contributed by atoms with van der Waals surface area (Å²) in [4.78, 5) is 28.5. The van der Waals surface area contributed by atoms with Gasteiger partial charge in [-0.1, -0.05) is 0 Å². The first-order valence-electron chi connectivity index (χ1n) is 13.6. The largest absolute Gasteiger partial charge is 0.381 e. The van der Waals surface area contributed by atoms with Crippen molar-refractivity contribution in [2.24, 2.45) is 29.6 Å². The fourth-order valence-electron chi connectivity index (χ4n) is 7.17. The van der Waals surface area contributed by atoms with Gasteiger partial charge in [0.05, 0.1) is 30.1 Å². The van der Waals surface area contributed by atoms with Gasteiger partial charge < -0.3 is 25.0 Å². The van der Waals surface area contributed by atoms with E-state index in [1.165, 1.54) is 0 Å². The third-order valence-corrected chi connectivity index (χ3v) is 10.7. The Morgan fingerprint density at radius 1 is 1.03 bits per heavy atom. The van der Waals surface area contributed by atoms with Crippen LogP contribution < -0.4 is 16.0 Å². The minimum atomic E-state index is -0.146. The molecule has 200 valence electrons. The second-order valence-electron chi connectivity index (χ2n) is 11.4. The molecule has 5 rings (SSSR count). The van der Waals surface area contributed by atoms with Crippen LogP contribution in [0.5, 0.6) is 0 Å². The molecular formula is C26H41N5O4S. The summed E-state index contributed by atoms with van der Waals surface area (Å²) in [7, 11) is 3.45. The highest BCUT2D eigenvalue weighted by molar-refractivity contribution is 8.00. The van der Waals surface area contributed by atoms with Gasteiger partial charge in [0.1, 0.15) is 5.50 Å². The molecule has 10 heteroatoms. The molecule has 0 aromatic carbocycles. The normalized spacial score (nSPS) is 44.4. The second-order valence-corrected chi connectivity index (χ2v) is 12.8. The monoisotopic (exact) mass is 519 g/mol. The van der Waals surface area contributed by atoms with Crippen LogP contribution >= 0.6 is 11.8 Å². The highest BCUT2D eigenvalue weighted by atomic mass is 32.2. The number of rotatable bonds is 6. The van der Waals surface area contributed by atoms with E-state index in [0.29, 0.717) is 19.1 Å². The van der Waals surface area contributed by atoms with Gasteiger partial charge in [-0.05, 0) is 57.3 Å². The summed E-state index contributed by atoms with van der Waals surface area (Å²) in [6.07, 6.45) is 5.54. The lowest BCUT2D eigenvalue weighted by Crippen LogP contribution is -2.55. The Morgan fingerprint density at radius 2 is 1.81 bits per heavy atom. The lowest BCUT2D eigenvalue weighted by atomic mass is 9.66. The average Bonchev–Trinajstić information content (AvgIpc) is 3.42. The van der Waals surface area contributed by atoms with Gasteiger partial charge in [-0.15, -0.1) is 11.8 Å². The quantitative estimate of drug-likeness (QED) is 0.481. The summed E-state index contributed by atoms with van der Waals surface area (Å²) in [6, 6.07) is 3.00. The zero-order chi connectivity index (χ0) is 25.4. The van der Waals surface area contributed by atoms with Gasteiger partial charge in [-0.25, -0.2) is 0 Å². The number of nitrogens with zero attached hydrogens (tertiary/aromatic N) is 2. The lowest BCUT2D eigenvalue weighted by Gasteiger charge is -2.44. The number of hydrogen-bond acceptors (Lipinski definition) is 8. The van der Waals surface area contributed by atoms with Gasteiger partial charge in [0, 0.05) is 57.1 Å². The number of amides is 2. The smallest absolute Gasteiger partial charge is 0.228 e. The lowest BCUT2D eigenvalue weighted by molar-refractivity contribution is -0.146. The van der Waals surface area contributed by atoms with Crippen LogP contribution in [-0.2, 0) is 19.1 Å².